The Morgan fingerprint density at radius 3 is 2.95 bits per heavy atom. The predicted molar refractivity (Wildman–Crippen MR) is 73.4 cm³/mol. The summed E-state index contributed by atoms with van der Waals surface area (Å²) in [6, 6.07) is 10.4. The number of hydrogen-bond acceptors (Lipinski definition) is 3. The van der Waals surface area contributed by atoms with Crippen LogP contribution in [0.25, 0.3) is 0 Å². The van der Waals surface area contributed by atoms with E-state index in [1.54, 1.807) is 43.6 Å². The Bertz CT molecular complexity index is 587. The minimum atomic E-state index is -0.168. The Balaban J connectivity index is 2.00. The molecule has 1 amide bonds. The number of methoxy groups -OCH3 is 1. The molecule has 0 atom stereocenters. The number of amides is 1. The molecule has 1 N–H and O–H groups in total. The van der Waals surface area contributed by atoms with Gasteiger partial charge >= 0.3 is 0 Å². The Hall–Kier alpha value is -2.07. The molecule has 0 fully saturated rings. The Labute approximate surface area is 116 Å². The van der Waals surface area contributed by atoms with E-state index in [9.17, 15) is 4.79 Å². The van der Waals surface area contributed by atoms with Gasteiger partial charge in [0.05, 0.1) is 7.11 Å². The molecule has 0 spiro atoms. The molecule has 0 saturated heterocycles. The maximum atomic E-state index is 11.9. The third-order valence-corrected chi connectivity index (χ3v) is 2.78. The standard InChI is InChI=1S/C14H13ClN2O2/c1-19-13-7-10(5-6-16-13)9-17-14(18)11-3-2-4-12(15)8-11/h2-8H,9H2,1H3,(H,17,18). The van der Waals surface area contributed by atoms with Crippen LogP contribution >= 0.6 is 11.6 Å². The fraction of sp³-hybridized carbons (Fsp3) is 0.143. The first-order valence-corrected chi connectivity index (χ1v) is 6.09. The van der Waals surface area contributed by atoms with Gasteiger partial charge in [-0.25, -0.2) is 4.98 Å². The van der Waals surface area contributed by atoms with E-state index >= 15 is 0 Å². The number of aromatic nitrogens is 1. The first-order valence-electron chi connectivity index (χ1n) is 5.72. The molecule has 0 radical (unpaired) electrons. The van der Waals surface area contributed by atoms with E-state index in [0.717, 1.165) is 5.56 Å². The van der Waals surface area contributed by atoms with Crippen LogP contribution in [0.2, 0.25) is 5.02 Å². The average molecular weight is 277 g/mol. The molecule has 1 aromatic heterocycles. The molecular formula is C14H13ClN2O2. The molecule has 1 aromatic carbocycles. The van der Waals surface area contributed by atoms with Crippen LogP contribution in [-0.2, 0) is 6.54 Å². The van der Waals surface area contributed by atoms with Crippen molar-refractivity contribution >= 4 is 17.5 Å². The molecule has 0 aliphatic rings. The van der Waals surface area contributed by atoms with Gasteiger partial charge in [-0.3, -0.25) is 4.79 Å². The number of carbonyl (C=O) groups is 1. The summed E-state index contributed by atoms with van der Waals surface area (Å²) < 4.78 is 5.02. The predicted octanol–water partition coefficient (Wildman–Crippen LogP) is 2.67. The van der Waals surface area contributed by atoms with Crippen molar-refractivity contribution in [3.8, 4) is 5.88 Å². The molecule has 2 aromatic rings. The first kappa shape index (κ1) is 13.4. The SMILES string of the molecule is COc1cc(CNC(=O)c2cccc(Cl)c2)ccn1. The number of nitrogens with zero attached hydrogens (tertiary/aromatic N) is 1. The highest BCUT2D eigenvalue weighted by atomic mass is 35.5. The first-order chi connectivity index (χ1) is 9.19. The lowest BCUT2D eigenvalue weighted by Gasteiger charge is -2.06. The fourth-order valence-electron chi connectivity index (χ4n) is 1.59. The molecule has 19 heavy (non-hydrogen) atoms. The van der Waals surface area contributed by atoms with Gasteiger partial charge in [-0.15, -0.1) is 0 Å². The number of pyridine rings is 1. The van der Waals surface area contributed by atoms with Gasteiger partial charge in [0.25, 0.3) is 5.91 Å². The van der Waals surface area contributed by atoms with E-state index in [1.165, 1.54) is 0 Å². The van der Waals surface area contributed by atoms with Crippen molar-refractivity contribution in [3.63, 3.8) is 0 Å². The van der Waals surface area contributed by atoms with Crippen LogP contribution in [0.5, 0.6) is 5.88 Å². The Kier molecular flexibility index (Phi) is 4.36. The van der Waals surface area contributed by atoms with Gasteiger partial charge in [-0.05, 0) is 29.8 Å². The van der Waals surface area contributed by atoms with Crippen molar-refractivity contribution < 1.29 is 9.53 Å². The number of carbonyl (C=O) groups excluding carboxylic acids is 1. The second kappa shape index (κ2) is 6.20. The number of nitrogens with one attached hydrogen (secondary N) is 1. The molecule has 2 rings (SSSR count). The Morgan fingerprint density at radius 2 is 2.21 bits per heavy atom. The van der Waals surface area contributed by atoms with Crippen molar-refractivity contribution in [2.24, 2.45) is 0 Å². The molecule has 4 nitrogen and oxygen atoms in total. The van der Waals surface area contributed by atoms with Crippen LogP contribution in [0.1, 0.15) is 15.9 Å². The summed E-state index contributed by atoms with van der Waals surface area (Å²) in [6.45, 7) is 0.407. The van der Waals surface area contributed by atoms with Crippen LogP contribution in [-0.4, -0.2) is 18.0 Å². The molecule has 0 bridgehead atoms. The van der Waals surface area contributed by atoms with Gasteiger partial charge in [0.1, 0.15) is 0 Å². The van der Waals surface area contributed by atoms with Gasteiger partial charge in [-0.1, -0.05) is 17.7 Å². The monoisotopic (exact) mass is 276 g/mol. The average Bonchev–Trinajstić information content (AvgIpc) is 2.45. The summed E-state index contributed by atoms with van der Waals surface area (Å²) >= 11 is 5.84. The van der Waals surface area contributed by atoms with Gasteiger partial charge in [-0.2, -0.15) is 0 Å². The highest BCUT2D eigenvalue weighted by molar-refractivity contribution is 6.30. The molecule has 0 unspecified atom stereocenters. The molecule has 0 saturated carbocycles. The summed E-state index contributed by atoms with van der Waals surface area (Å²) in [5.41, 5.74) is 1.45. The number of hydrogen-bond donors (Lipinski definition) is 1. The van der Waals surface area contributed by atoms with E-state index in [-0.39, 0.29) is 5.91 Å². The maximum absolute atomic E-state index is 11.9. The second-order valence-electron chi connectivity index (χ2n) is 3.90. The van der Waals surface area contributed by atoms with E-state index in [1.807, 2.05) is 6.07 Å². The van der Waals surface area contributed by atoms with Crippen molar-refractivity contribution in [3.05, 3.63) is 58.7 Å². The van der Waals surface area contributed by atoms with E-state index in [0.29, 0.717) is 23.0 Å². The van der Waals surface area contributed by atoms with E-state index < -0.39 is 0 Å². The second-order valence-corrected chi connectivity index (χ2v) is 4.34. The van der Waals surface area contributed by atoms with Crippen LogP contribution in [0, 0.1) is 0 Å². The smallest absolute Gasteiger partial charge is 0.251 e. The van der Waals surface area contributed by atoms with Crippen LogP contribution in [0.4, 0.5) is 0 Å². The number of halogens is 1. The van der Waals surface area contributed by atoms with Crippen molar-refractivity contribution in [2.75, 3.05) is 7.11 Å². The summed E-state index contributed by atoms with van der Waals surface area (Å²) in [7, 11) is 1.55. The Morgan fingerprint density at radius 1 is 1.37 bits per heavy atom. The third kappa shape index (κ3) is 3.69. The summed E-state index contributed by atoms with van der Waals surface area (Å²) in [4.78, 5) is 15.9. The van der Waals surface area contributed by atoms with Crippen LogP contribution in [0.15, 0.2) is 42.6 Å². The number of rotatable bonds is 4. The van der Waals surface area contributed by atoms with E-state index in [2.05, 4.69) is 10.3 Å². The van der Waals surface area contributed by atoms with Crippen molar-refractivity contribution in [2.45, 2.75) is 6.54 Å². The molecule has 0 aliphatic carbocycles. The highest BCUT2D eigenvalue weighted by Crippen LogP contribution is 2.11. The van der Waals surface area contributed by atoms with E-state index in [4.69, 9.17) is 16.3 Å². The maximum Gasteiger partial charge on any atom is 0.251 e. The lowest BCUT2D eigenvalue weighted by Crippen LogP contribution is -2.22. The zero-order valence-corrected chi connectivity index (χ0v) is 11.1. The van der Waals surface area contributed by atoms with Crippen molar-refractivity contribution in [1.29, 1.82) is 0 Å². The molecule has 0 aliphatic heterocycles. The third-order valence-electron chi connectivity index (χ3n) is 2.55. The van der Waals surface area contributed by atoms with Gasteiger partial charge in [0, 0.05) is 29.4 Å². The molecule has 5 heteroatoms. The molecular weight excluding hydrogens is 264 g/mol. The largest absolute Gasteiger partial charge is 0.481 e. The van der Waals surface area contributed by atoms with Crippen molar-refractivity contribution in [1.82, 2.24) is 10.3 Å². The lowest BCUT2D eigenvalue weighted by molar-refractivity contribution is 0.0951. The molecule has 98 valence electrons. The van der Waals surface area contributed by atoms with Crippen LogP contribution < -0.4 is 10.1 Å². The minimum Gasteiger partial charge on any atom is -0.481 e. The zero-order valence-electron chi connectivity index (χ0n) is 10.4. The normalized spacial score (nSPS) is 10.0. The lowest BCUT2D eigenvalue weighted by atomic mass is 10.2. The van der Waals surface area contributed by atoms with Gasteiger partial charge in [0.15, 0.2) is 0 Å². The fourth-order valence-corrected chi connectivity index (χ4v) is 1.78. The topological polar surface area (TPSA) is 51.2 Å². The summed E-state index contributed by atoms with van der Waals surface area (Å²) in [5.74, 6) is 0.354. The van der Waals surface area contributed by atoms with Gasteiger partial charge in [0.2, 0.25) is 5.88 Å². The highest BCUT2D eigenvalue weighted by Gasteiger charge is 2.06. The molecule has 1 heterocycles. The zero-order chi connectivity index (χ0) is 13.7. The quantitative estimate of drug-likeness (QED) is 0.934. The summed E-state index contributed by atoms with van der Waals surface area (Å²) in [6.07, 6.45) is 1.64. The number of ether oxygens (including phenoxy) is 1. The summed E-state index contributed by atoms with van der Waals surface area (Å²) in [5, 5.41) is 3.35. The number of benzene rings is 1. The van der Waals surface area contributed by atoms with Gasteiger partial charge < -0.3 is 10.1 Å². The van der Waals surface area contributed by atoms with Crippen LogP contribution in [0.3, 0.4) is 0 Å². The minimum absolute atomic E-state index is 0.168.